The molecule has 0 bridgehead atoms. The molecule has 0 aliphatic rings. The predicted molar refractivity (Wildman–Crippen MR) is 173 cm³/mol. The maximum absolute atomic E-state index is 13.3. The Balaban J connectivity index is 5.91. The van der Waals surface area contributed by atoms with E-state index in [2.05, 4.69) is 26.6 Å². The average Bonchev–Trinajstić information content (AvgIpc) is 3.02. The fourth-order valence-electron chi connectivity index (χ4n) is 4.47. The van der Waals surface area contributed by atoms with E-state index in [9.17, 15) is 43.5 Å². The summed E-state index contributed by atoms with van der Waals surface area (Å²) < 4.78 is 0. The Kier molecular flexibility index (Phi) is 21.2. The number of carbonyl (C=O) groups is 8. The van der Waals surface area contributed by atoms with Crippen LogP contribution in [0.2, 0.25) is 0 Å². The minimum Gasteiger partial charge on any atom is -0.481 e. The number of aliphatic hydroxyl groups is 1. The first-order chi connectivity index (χ1) is 22.5. The van der Waals surface area contributed by atoms with E-state index in [-0.39, 0.29) is 31.5 Å². The lowest BCUT2D eigenvalue weighted by Gasteiger charge is -2.28. The lowest BCUT2D eigenvalue weighted by atomic mass is 9.97. The molecule has 0 rings (SSSR count). The Bertz CT molecular complexity index is 1110. The number of hydrogen-bond donors (Lipinski definition) is 10. The van der Waals surface area contributed by atoms with Crippen LogP contribution in [-0.4, -0.2) is 107 Å². The van der Waals surface area contributed by atoms with Crippen molar-refractivity contribution >= 4 is 47.7 Å². The molecule has 7 atom stereocenters. The lowest BCUT2D eigenvalue weighted by Crippen LogP contribution is -2.60. The van der Waals surface area contributed by atoms with Crippen LogP contribution in [0.5, 0.6) is 0 Å². The second-order valence-electron chi connectivity index (χ2n) is 12.1. The van der Waals surface area contributed by atoms with E-state index in [1.54, 1.807) is 27.7 Å². The Morgan fingerprint density at radius 3 is 1.83 bits per heavy atom. The highest BCUT2D eigenvalue weighted by Crippen LogP contribution is 2.11. The number of hydrogen-bond acceptors (Lipinski definition) is 11. The second kappa shape index (κ2) is 23.2. The third-order valence-corrected chi connectivity index (χ3v) is 7.45. The van der Waals surface area contributed by atoms with Gasteiger partial charge in [0.25, 0.3) is 0 Å². The molecule has 0 aromatic heterocycles. The maximum Gasteiger partial charge on any atom is 0.305 e. The molecule has 0 radical (unpaired) electrons. The van der Waals surface area contributed by atoms with Crippen LogP contribution in [0, 0.1) is 11.8 Å². The van der Waals surface area contributed by atoms with Crippen LogP contribution in [0.4, 0.5) is 0 Å². The number of amides is 6. The summed E-state index contributed by atoms with van der Waals surface area (Å²) in [6, 6.07) is -7.72. The number of nitrogens with two attached hydrogens (primary N) is 3. The lowest BCUT2D eigenvalue weighted by molar-refractivity contribution is -0.139. The summed E-state index contributed by atoms with van der Waals surface area (Å²) in [7, 11) is 0. The molecule has 0 saturated heterocycles. The van der Waals surface area contributed by atoms with Gasteiger partial charge in [-0.25, -0.2) is 0 Å². The van der Waals surface area contributed by atoms with Gasteiger partial charge in [-0.2, -0.15) is 0 Å². The Morgan fingerprint density at radius 1 is 0.771 bits per heavy atom. The van der Waals surface area contributed by atoms with Gasteiger partial charge in [-0.15, -0.1) is 0 Å². The fraction of sp³-hybridized carbons (Fsp3) is 0.733. The van der Waals surface area contributed by atoms with Crippen LogP contribution in [-0.2, 0) is 38.4 Å². The van der Waals surface area contributed by atoms with Crippen molar-refractivity contribution in [2.45, 2.75) is 115 Å². The van der Waals surface area contributed by atoms with Gasteiger partial charge in [0.05, 0.1) is 25.1 Å². The largest absolute Gasteiger partial charge is 0.481 e. The standard InChI is InChI=1S/C30H54N8O10/c1-5-17(4)25(38-26(44)19(32)8-6-7-11-31)30(48)37-22(15-40)29(47)35-20(9-10-23(33)41)27(45)36-21(12-16(2)3)28(46)34-18(14-39)13-24(42)43/h14,16-22,25,40H,5-13,15,31-32H2,1-4H3,(H2,33,41)(H,34,46)(H,35,47)(H,36,45)(H,37,48)(H,38,44)(H,42,43)/t17-,18-,19-,20-,21-,22-,25-/m0/s1. The first-order valence-electron chi connectivity index (χ1n) is 16.0. The Morgan fingerprint density at radius 2 is 1.33 bits per heavy atom. The monoisotopic (exact) mass is 686 g/mol. The van der Waals surface area contributed by atoms with Crippen molar-refractivity contribution in [1.29, 1.82) is 0 Å². The number of carboxylic acid groups (broad SMARTS) is 1. The van der Waals surface area contributed by atoms with Gasteiger partial charge in [0.1, 0.15) is 30.5 Å². The maximum atomic E-state index is 13.3. The number of carboxylic acids is 1. The number of carbonyl (C=O) groups excluding carboxylic acids is 7. The molecule has 6 amide bonds. The second-order valence-corrected chi connectivity index (χ2v) is 12.1. The topological polar surface area (TPSA) is 315 Å². The molecule has 0 saturated carbocycles. The van der Waals surface area contributed by atoms with E-state index in [1.165, 1.54) is 0 Å². The highest BCUT2D eigenvalue weighted by atomic mass is 16.4. The highest BCUT2D eigenvalue weighted by Gasteiger charge is 2.34. The average molecular weight is 687 g/mol. The van der Waals surface area contributed by atoms with Gasteiger partial charge in [0.15, 0.2) is 0 Å². The van der Waals surface area contributed by atoms with Gasteiger partial charge < -0.3 is 58.8 Å². The molecule has 0 aromatic rings. The van der Waals surface area contributed by atoms with Crippen LogP contribution in [0.15, 0.2) is 0 Å². The van der Waals surface area contributed by atoms with E-state index in [4.69, 9.17) is 22.3 Å². The molecule has 274 valence electrons. The molecular weight excluding hydrogens is 632 g/mol. The molecule has 13 N–H and O–H groups in total. The van der Waals surface area contributed by atoms with Gasteiger partial charge in [-0.05, 0) is 44.1 Å². The van der Waals surface area contributed by atoms with E-state index in [0.717, 1.165) is 0 Å². The number of aldehydes is 1. The molecule has 0 heterocycles. The predicted octanol–water partition coefficient (Wildman–Crippen LogP) is -3.11. The molecule has 48 heavy (non-hydrogen) atoms. The van der Waals surface area contributed by atoms with Crippen molar-refractivity contribution in [2.24, 2.45) is 29.0 Å². The quantitative estimate of drug-likeness (QED) is 0.0337. The summed E-state index contributed by atoms with van der Waals surface area (Å²) in [6.07, 6.45) is 1.00. The summed E-state index contributed by atoms with van der Waals surface area (Å²) in [4.78, 5) is 99.3. The molecule has 0 spiro atoms. The van der Waals surface area contributed by atoms with Gasteiger partial charge in [0.2, 0.25) is 35.4 Å². The Labute approximate surface area is 280 Å². The zero-order chi connectivity index (χ0) is 37.0. The minimum absolute atomic E-state index is 0.0570. The van der Waals surface area contributed by atoms with Crippen LogP contribution in [0.3, 0.4) is 0 Å². The van der Waals surface area contributed by atoms with Crippen LogP contribution < -0.4 is 43.8 Å². The van der Waals surface area contributed by atoms with Crippen molar-refractivity contribution in [1.82, 2.24) is 26.6 Å². The number of aliphatic hydroxyl groups excluding tert-OH is 1. The Hall–Kier alpha value is -4.16. The van der Waals surface area contributed by atoms with Crippen LogP contribution in [0.25, 0.3) is 0 Å². The molecule has 18 nitrogen and oxygen atoms in total. The van der Waals surface area contributed by atoms with Crippen molar-refractivity contribution in [2.75, 3.05) is 13.2 Å². The molecule has 18 heteroatoms. The third kappa shape index (κ3) is 17.1. The molecule has 0 aromatic carbocycles. The normalized spacial score (nSPS) is 15.4. The summed E-state index contributed by atoms with van der Waals surface area (Å²) in [5.41, 5.74) is 16.7. The SMILES string of the molecule is CC[C@H](C)[C@H](NC(=O)[C@@H](N)CCCCN)C(=O)N[C@@H](CO)C(=O)N[C@@H](CCC(N)=O)C(=O)N[C@@H](CC(C)C)C(=O)N[C@H](C=O)CC(=O)O. The van der Waals surface area contributed by atoms with Gasteiger partial charge in [-0.3, -0.25) is 33.6 Å². The van der Waals surface area contributed by atoms with Crippen LogP contribution >= 0.6 is 0 Å². The molecule has 0 aliphatic heterocycles. The number of primary amides is 1. The summed E-state index contributed by atoms with van der Waals surface area (Å²) >= 11 is 0. The van der Waals surface area contributed by atoms with Crippen molar-refractivity contribution in [3.8, 4) is 0 Å². The number of rotatable bonds is 25. The number of nitrogens with one attached hydrogen (secondary N) is 5. The smallest absolute Gasteiger partial charge is 0.305 e. The summed E-state index contributed by atoms with van der Waals surface area (Å²) in [6.45, 7) is 6.50. The zero-order valence-corrected chi connectivity index (χ0v) is 28.2. The zero-order valence-electron chi connectivity index (χ0n) is 28.2. The number of unbranched alkanes of at least 4 members (excludes halogenated alkanes) is 1. The molecule has 0 unspecified atom stereocenters. The molecule has 0 fully saturated rings. The molecule has 0 aliphatic carbocycles. The van der Waals surface area contributed by atoms with E-state index in [0.29, 0.717) is 32.2 Å². The van der Waals surface area contributed by atoms with Crippen molar-refractivity contribution < 1.29 is 48.6 Å². The van der Waals surface area contributed by atoms with Crippen molar-refractivity contribution in [3.63, 3.8) is 0 Å². The van der Waals surface area contributed by atoms with E-state index >= 15 is 0 Å². The van der Waals surface area contributed by atoms with Gasteiger partial charge >= 0.3 is 5.97 Å². The van der Waals surface area contributed by atoms with Gasteiger partial charge in [-0.1, -0.05) is 40.5 Å². The highest BCUT2D eigenvalue weighted by molar-refractivity contribution is 5.96. The summed E-state index contributed by atoms with van der Waals surface area (Å²) in [5.74, 6) is -6.88. The van der Waals surface area contributed by atoms with Gasteiger partial charge in [0, 0.05) is 6.42 Å². The van der Waals surface area contributed by atoms with Crippen LogP contribution in [0.1, 0.15) is 79.1 Å². The third-order valence-electron chi connectivity index (χ3n) is 7.45. The number of aliphatic carboxylic acids is 1. The first-order valence-corrected chi connectivity index (χ1v) is 16.0. The summed E-state index contributed by atoms with van der Waals surface area (Å²) in [5, 5.41) is 31.0. The first kappa shape index (κ1) is 43.8. The van der Waals surface area contributed by atoms with E-state index < -0.39 is 96.6 Å². The van der Waals surface area contributed by atoms with E-state index in [1.807, 2.05) is 0 Å². The fourth-order valence-corrected chi connectivity index (χ4v) is 4.47. The molecular formula is C30H54N8O10. The minimum atomic E-state index is -1.60. The van der Waals surface area contributed by atoms with Crippen molar-refractivity contribution in [3.05, 3.63) is 0 Å².